The molecule has 1 aromatic carbocycles. The zero-order valence-electron chi connectivity index (χ0n) is 18.8. The van der Waals surface area contributed by atoms with E-state index in [1.165, 1.54) is 38.5 Å². The second-order valence-electron chi connectivity index (χ2n) is 8.94. The fraction of sp³-hybridized carbons (Fsp3) is 0.600. The molecule has 0 aliphatic heterocycles. The van der Waals surface area contributed by atoms with Gasteiger partial charge >= 0.3 is 6.09 Å². The molecule has 0 saturated heterocycles. The molecule has 0 unspecified atom stereocenters. The summed E-state index contributed by atoms with van der Waals surface area (Å²) in [4.78, 5) is 14.2. The van der Waals surface area contributed by atoms with Crippen LogP contribution in [0.25, 0.3) is 11.3 Å². The Morgan fingerprint density at radius 2 is 1.68 bits per heavy atom. The lowest BCUT2D eigenvalue weighted by Gasteiger charge is -2.23. The molecule has 168 valence electrons. The van der Waals surface area contributed by atoms with Crippen LogP contribution >= 0.6 is 0 Å². The monoisotopic (exact) mass is 426 g/mol. The van der Waals surface area contributed by atoms with Gasteiger partial charge in [0, 0.05) is 18.7 Å². The zero-order chi connectivity index (χ0) is 21.6. The summed E-state index contributed by atoms with van der Waals surface area (Å²) in [6.45, 7) is 2.03. The van der Waals surface area contributed by atoms with Crippen LogP contribution in [0.5, 0.6) is 5.75 Å². The van der Waals surface area contributed by atoms with Gasteiger partial charge in [-0.15, -0.1) is 0 Å². The van der Waals surface area contributed by atoms with E-state index in [4.69, 9.17) is 14.0 Å². The minimum atomic E-state index is -0.286. The quantitative estimate of drug-likeness (QED) is 0.510. The van der Waals surface area contributed by atoms with E-state index in [1.54, 1.807) is 4.90 Å². The van der Waals surface area contributed by atoms with Gasteiger partial charge in [0.25, 0.3) is 0 Å². The molecule has 1 amide bonds. The van der Waals surface area contributed by atoms with Gasteiger partial charge in [-0.1, -0.05) is 30.8 Å². The third-order valence-corrected chi connectivity index (χ3v) is 6.71. The average Bonchev–Trinajstić information content (AvgIpc) is 3.37. The number of benzene rings is 1. The largest absolute Gasteiger partial charge is 0.490 e. The van der Waals surface area contributed by atoms with Crippen LogP contribution in [0.1, 0.15) is 75.5 Å². The number of hydrogen-bond acceptors (Lipinski definition) is 5. The maximum absolute atomic E-state index is 12.5. The third kappa shape index (κ3) is 5.41. The first kappa shape index (κ1) is 21.7. The van der Waals surface area contributed by atoms with E-state index in [1.807, 2.05) is 38.2 Å². The summed E-state index contributed by atoms with van der Waals surface area (Å²) in [5.74, 6) is 1.54. The zero-order valence-corrected chi connectivity index (χ0v) is 18.8. The Hall–Kier alpha value is -2.50. The second-order valence-corrected chi connectivity index (χ2v) is 8.94. The summed E-state index contributed by atoms with van der Waals surface area (Å²) in [5, 5.41) is 4.11. The fourth-order valence-corrected chi connectivity index (χ4v) is 4.70. The van der Waals surface area contributed by atoms with Crippen LogP contribution in [0.2, 0.25) is 0 Å². The smallest absolute Gasteiger partial charge is 0.410 e. The van der Waals surface area contributed by atoms with Crippen molar-refractivity contribution in [3.05, 3.63) is 35.5 Å². The van der Waals surface area contributed by atoms with Gasteiger partial charge in [0.1, 0.15) is 12.4 Å². The van der Waals surface area contributed by atoms with Gasteiger partial charge in [-0.3, -0.25) is 0 Å². The van der Waals surface area contributed by atoms with Crippen molar-refractivity contribution < 1.29 is 18.8 Å². The van der Waals surface area contributed by atoms with E-state index in [2.05, 4.69) is 5.16 Å². The van der Waals surface area contributed by atoms with Crippen LogP contribution in [0.4, 0.5) is 4.79 Å². The molecule has 2 aromatic rings. The molecule has 0 atom stereocenters. The van der Waals surface area contributed by atoms with Gasteiger partial charge in [-0.2, -0.15) is 0 Å². The maximum atomic E-state index is 12.5. The predicted octanol–water partition coefficient (Wildman–Crippen LogP) is 6.26. The van der Waals surface area contributed by atoms with Crippen molar-refractivity contribution in [2.24, 2.45) is 0 Å². The van der Waals surface area contributed by atoms with Crippen LogP contribution in [0.3, 0.4) is 0 Å². The number of nitrogens with zero attached hydrogens (tertiary/aromatic N) is 2. The lowest BCUT2D eigenvalue weighted by Crippen LogP contribution is -2.35. The lowest BCUT2D eigenvalue weighted by atomic mass is 10.1. The Kier molecular flexibility index (Phi) is 7.15. The molecular formula is C25H34N2O4. The molecule has 2 saturated carbocycles. The Morgan fingerprint density at radius 1 is 1.03 bits per heavy atom. The lowest BCUT2D eigenvalue weighted by molar-refractivity contribution is 0.0917. The van der Waals surface area contributed by atoms with Crippen molar-refractivity contribution in [1.29, 1.82) is 0 Å². The highest BCUT2D eigenvalue weighted by atomic mass is 16.6. The molecule has 0 N–H and O–H groups in total. The highest BCUT2D eigenvalue weighted by Gasteiger charge is 2.25. The Labute approximate surface area is 184 Å². The summed E-state index contributed by atoms with van der Waals surface area (Å²) >= 11 is 0. The van der Waals surface area contributed by atoms with E-state index in [0.29, 0.717) is 11.9 Å². The third-order valence-electron chi connectivity index (χ3n) is 6.71. The first-order chi connectivity index (χ1) is 15.1. The van der Waals surface area contributed by atoms with Crippen LogP contribution in [0.15, 0.2) is 28.8 Å². The summed E-state index contributed by atoms with van der Waals surface area (Å²) in [5.41, 5.74) is 2.46. The van der Waals surface area contributed by atoms with Crippen LogP contribution in [0, 0.1) is 6.92 Å². The van der Waals surface area contributed by atoms with Crippen molar-refractivity contribution in [3.8, 4) is 17.1 Å². The SMILES string of the molecule is Cc1noc(-c2ccc(OC3CCCCCC3)cc2)c1COC(=O)N(C)C1CCCC1. The molecule has 0 bridgehead atoms. The summed E-state index contributed by atoms with van der Waals surface area (Å²) in [6.07, 6.45) is 11.9. The Balaban J connectivity index is 1.39. The normalized spacial score (nSPS) is 18.0. The average molecular weight is 427 g/mol. The minimum Gasteiger partial charge on any atom is -0.490 e. The molecule has 1 heterocycles. The number of hydrogen-bond donors (Lipinski definition) is 0. The van der Waals surface area contributed by atoms with E-state index >= 15 is 0 Å². The number of carbonyl (C=O) groups is 1. The van der Waals surface area contributed by atoms with Crippen LogP contribution in [-0.2, 0) is 11.3 Å². The molecule has 2 aliphatic rings. The Bertz CT molecular complexity index is 847. The molecule has 0 radical (unpaired) electrons. The van der Waals surface area contributed by atoms with E-state index < -0.39 is 0 Å². The van der Waals surface area contributed by atoms with Crippen molar-refractivity contribution in [2.75, 3.05) is 7.05 Å². The van der Waals surface area contributed by atoms with Gasteiger partial charge < -0.3 is 18.9 Å². The summed E-state index contributed by atoms with van der Waals surface area (Å²) in [6, 6.07) is 8.24. The van der Waals surface area contributed by atoms with E-state index in [-0.39, 0.29) is 18.7 Å². The van der Waals surface area contributed by atoms with Crippen molar-refractivity contribution in [3.63, 3.8) is 0 Å². The second kappa shape index (κ2) is 10.2. The van der Waals surface area contributed by atoms with Crippen LogP contribution in [-0.4, -0.2) is 35.3 Å². The molecular weight excluding hydrogens is 392 g/mol. The van der Waals surface area contributed by atoms with Gasteiger partial charge in [0.2, 0.25) is 0 Å². The number of carbonyl (C=O) groups excluding carboxylic acids is 1. The maximum Gasteiger partial charge on any atom is 0.410 e. The first-order valence-corrected chi connectivity index (χ1v) is 11.7. The minimum absolute atomic E-state index is 0.154. The standard InChI is InChI=1S/C25H34N2O4/c1-18-23(17-29-25(28)27(2)20-9-7-8-10-20)24(31-26-18)19-13-15-22(16-14-19)30-21-11-5-3-4-6-12-21/h13-16,20-21H,3-12,17H2,1-2H3. The van der Waals surface area contributed by atoms with Crippen molar-refractivity contribution >= 4 is 6.09 Å². The fourth-order valence-electron chi connectivity index (χ4n) is 4.70. The predicted molar refractivity (Wildman–Crippen MR) is 119 cm³/mol. The molecule has 31 heavy (non-hydrogen) atoms. The van der Waals surface area contributed by atoms with Gasteiger partial charge in [0.05, 0.1) is 17.4 Å². The number of ether oxygens (including phenoxy) is 2. The highest BCUT2D eigenvalue weighted by Crippen LogP contribution is 2.30. The summed E-state index contributed by atoms with van der Waals surface area (Å²) in [7, 11) is 1.83. The van der Waals surface area contributed by atoms with Crippen LogP contribution < -0.4 is 4.74 Å². The van der Waals surface area contributed by atoms with Crippen molar-refractivity contribution in [2.45, 2.75) is 89.9 Å². The number of amides is 1. The molecule has 4 rings (SSSR count). The van der Waals surface area contributed by atoms with E-state index in [0.717, 1.165) is 48.3 Å². The highest BCUT2D eigenvalue weighted by molar-refractivity contribution is 5.68. The van der Waals surface area contributed by atoms with Gasteiger partial charge in [-0.05, 0) is 69.7 Å². The topological polar surface area (TPSA) is 64.8 Å². The summed E-state index contributed by atoms with van der Waals surface area (Å²) < 4.78 is 17.4. The number of aromatic nitrogens is 1. The molecule has 1 aromatic heterocycles. The molecule has 6 heteroatoms. The Morgan fingerprint density at radius 3 is 2.35 bits per heavy atom. The van der Waals surface area contributed by atoms with Crippen molar-refractivity contribution in [1.82, 2.24) is 10.1 Å². The molecule has 2 aliphatic carbocycles. The van der Waals surface area contributed by atoms with Gasteiger partial charge in [0.15, 0.2) is 5.76 Å². The molecule has 6 nitrogen and oxygen atoms in total. The first-order valence-electron chi connectivity index (χ1n) is 11.7. The molecule has 0 spiro atoms. The van der Waals surface area contributed by atoms with E-state index in [9.17, 15) is 4.79 Å². The molecule has 2 fully saturated rings. The number of aryl methyl sites for hydroxylation is 1. The number of rotatable bonds is 6. The van der Waals surface area contributed by atoms with Gasteiger partial charge in [-0.25, -0.2) is 4.79 Å².